The van der Waals surface area contributed by atoms with E-state index in [-0.39, 0.29) is 5.75 Å². The number of hydrogen-bond donors (Lipinski definition) is 2. The highest BCUT2D eigenvalue weighted by molar-refractivity contribution is 5.82. The zero-order valence-corrected chi connectivity index (χ0v) is 13.7. The van der Waals surface area contributed by atoms with Crippen LogP contribution in [0.2, 0.25) is 0 Å². The third-order valence-corrected chi connectivity index (χ3v) is 3.63. The number of anilines is 1. The predicted molar refractivity (Wildman–Crippen MR) is 95.9 cm³/mol. The number of nitrogens with one attached hydrogen (secondary N) is 1. The van der Waals surface area contributed by atoms with Crippen LogP contribution in [0, 0.1) is 0 Å². The van der Waals surface area contributed by atoms with Gasteiger partial charge >= 0.3 is 0 Å². The maximum absolute atomic E-state index is 9.72. The molecule has 1 heterocycles. The lowest BCUT2D eigenvalue weighted by Crippen LogP contribution is -2.02. The van der Waals surface area contributed by atoms with E-state index in [2.05, 4.69) is 27.0 Å². The van der Waals surface area contributed by atoms with Gasteiger partial charge in [0.15, 0.2) is 11.5 Å². The van der Waals surface area contributed by atoms with Crippen molar-refractivity contribution in [3.8, 4) is 11.5 Å². The van der Waals surface area contributed by atoms with Gasteiger partial charge in [-0.2, -0.15) is 5.10 Å². The number of nitrogens with zero attached hydrogens (tertiary/aromatic N) is 3. The van der Waals surface area contributed by atoms with E-state index in [1.54, 1.807) is 24.4 Å². The van der Waals surface area contributed by atoms with Crippen LogP contribution in [-0.4, -0.2) is 27.5 Å². The summed E-state index contributed by atoms with van der Waals surface area (Å²) in [5.41, 5.74) is 5.81. The molecule has 0 amide bonds. The first-order chi connectivity index (χ1) is 11.7. The molecule has 3 rings (SSSR count). The first kappa shape index (κ1) is 15.9. The summed E-state index contributed by atoms with van der Waals surface area (Å²) < 4.78 is 7.43. The Bertz CT molecular complexity index is 871. The smallest absolute Gasteiger partial charge is 0.224 e. The summed E-state index contributed by atoms with van der Waals surface area (Å²) in [6.07, 6.45) is 1.67. The molecule has 0 fully saturated rings. The number of imidazole rings is 1. The molecule has 2 aromatic carbocycles. The van der Waals surface area contributed by atoms with E-state index in [1.165, 1.54) is 0 Å². The molecule has 0 saturated carbocycles. The van der Waals surface area contributed by atoms with Gasteiger partial charge < -0.3 is 14.4 Å². The second-order valence-corrected chi connectivity index (χ2v) is 5.20. The van der Waals surface area contributed by atoms with E-state index < -0.39 is 0 Å². The molecular formula is C18H20N4O2. The number of aromatic nitrogens is 2. The predicted octanol–water partition coefficient (Wildman–Crippen LogP) is 3.61. The van der Waals surface area contributed by atoms with Gasteiger partial charge in [-0.25, -0.2) is 10.4 Å². The molecule has 124 valence electrons. The normalized spacial score (nSPS) is 11.2. The lowest BCUT2D eigenvalue weighted by atomic mass is 10.2. The summed E-state index contributed by atoms with van der Waals surface area (Å²) in [5.74, 6) is 1.26. The molecule has 0 radical (unpaired) electrons. The molecule has 24 heavy (non-hydrogen) atoms. The summed E-state index contributed by atoms with van der Waals surface area (Å²) >= 11 is 0. The quantitative estimate of drug-likeness (QED) is 0.537. The Kier molecular flexibility index (Phi) is 4.65. The minimum Gasteiger partial charge on any atom is -0.504 e. The van der Waals surface area contributed by atoms with Crippen LogP contribution in [0.25, 0.3) is 11.0 Å². The number of rotatable bonds is 6. The van der Waals surface area contributed by atoms with E-state index in [0.29, 0.717) is 18.3 Å². The molecule has 0 aliphatic carbocycles. The fourth-order valence-electron chi connectivity index (χ4n) is 2.53. The molecule has 0 unspecified atom stereocenters. The Morgan fingerprint density at radius 2 is 2.08 bits per heavy atom. The third kappa shape index (κ3) is 3.17. The molecule has 0 spiro atoms. The van der Waals surface area contributed by atoms with E-state index >= 15 is 0 Å². The van der Waals surface area contributed by atoms with Crippen molar-refractivity contribution in [3.63, 3.8) is 0 Å². The zero-order chi connectivity index (χ0) is 16.9. The maximum Gasteiger partial charge on any atom is 0.224 e. The standard InChI is InChI=1S/C18H20N4O2/c1-3-22-15-8-6-5-7-14(15)20-18(22)21-19-12-13-9-10-16(23)17(11-13)24-4-2/h5-12,23H,3-4H2,1-2H3,(H,20,21)/b19-12-. The molecule has 0 aliphatic heterocycles. The number of aromatic hydroxyl groups is 1. The first-order valence-electron chi connectivity index (χ1n) is 7.93. The average molecular weight is 324 g/mol. The lowest BCUT2D eigenvalue weighted by Gasteiger charge is -2.06. The summed E-state index contributed by atoms with van der Waals surface area (Å²) in [6, 6.07) is 13.1. The van der Waals surface area contributed by atoms with Gasteiger partial charge in [0.05, 0.1) is 23.9 Å². The molecule has 6 nitrogen and oxygen atoms in total. The van der Waals surface area contributed by atoms with E-state index in [9.17, 15) is 5.11 Å². The van der Waals surface area contributed by atoms with Crippen LogP contribution >= 0.6 is 0 Å². The zero-order valence-electron chi connectivity index (χ0n) is 13.7. The van der Waals surface area contributed by atoms with E-state index in [0.717, 1.165) is 23.1 Å². The number of para-hydroxylation sites is 2. The number of fused-ring (bicyclic) bond motifs is 1. The van der Waals surface area contributed by atoms with Crippen molar-refractivity contribution >= 4 is 23.2 Å². The van der Waals surface area contributed by atoms with Crippen molar-refractivity contribution in [3.05, 3.63) is 48.0 Å². The second-order valence-electron chi connectivity index (χ2n) is 5.20. The summed E-state index contributed by atoms with van der Waals surface area (Å²) in [6.45, 7) is 5.23. The Hall–Kier alpha value is -3.02. The summed E-state index contributed by atoms with van der Waals surface area (Å²) in [5, 5.41) is 14.0. The summed E-state index contributed by atoms with van der Waals surface area (Å²) in [4.78, 5) is 4.55. The second kappa shape index (κ2) is 7.04. The fourth-order valence-corrected chi connectivity index (χ4v) is 2.53. The van der Waals surface area contributed by atoms with Gasteiger partial charge in [-0.3, -0.25) is 0 Å². The van der Waals surface area contributed by atoms with E-state index in [1.807, 2.05) is 31.2 Å². The fraction of sp³-hybridized carbons (Fsp3) is 0.222. The number of phenolic OH excluding ortho intramolecular Hbond substituents is 1. The molecule has 0 bridgehead atoms. The molecule has 1 aromatic heterocycles. The number of hydrazone groups is 1. The summed E-state index contributed by atoms with van der Waals surface area (Å²) in [7, 11) is 0. The molecule has 0 saturated heterocycles. The monoisotopic (exact) mass is 324 g/mol. The van der Waals surface area contributed by atoms with E-state index in [4.69, 9.17) is 4.74 Å². The average Bonchev–Trinajstić information content (AvgIpc) is 2.95. The van der Waals surface area contributed by atoms with Gasteiger partial charge in [-0.05, 0) is 49.7 Å². The van der Waals surface area contributed by atoms with Gasteiger partial charge in [-0.1, -0.05) is 12.1 Å². The van der Waals surface area contributed by atoms with Crippen LogP contribution in [0.5, 0.6) is 11.5 Å². The largest absolute Gasteiger partial charge is 0.504 e. The molecule has 3 aromatic rings. The molecule has 2 N–H and O–H groups in total. The third-order valence-electron chi connectivity index (χ3n) is 3.63. The number of benzene rings is 2. The Morgan fingerprint density at radius 1 is 1.25 bits per heavy atom. The van der Waals surface area contributed by atoms with Crippen LogP contribution < -0.4 is 10.2 Å². The van der Waals surface area contributed by atoms with Crippen molar-refractivity contribution in [1.82, 2.24) is 9.55 Å². The lowest BCUT2D eigenvalue weighted by molar-refractivity contribution is 0.318. The molecule has 0 aliphatic rings. The van der Waals surface area contributed by atoms with Crippen LogP contribution in [0.4, 0.5) is 5.95 Å². The van der Waals surface area contributed by atoms with Crippen molar-refractivity contribution in [2.75, 3.05) is 12.0 Å². The van der Waals surface area contributed by atoms with Gasteiger partial charge in [0.1, 0.15) is 0 Å². The van der Waals surface area contributed by atoms with Crippen molar-refractivity contribution in [2.24, 2.45) is 5.10 Å². The first-order valence-corrected chi connectivity index (χ1v) is 7.93. The van der Waals surface area contributed by atoms with Crippen LogP contribution in [0.15, 0.2) is 47.6 Å². The minimum absolute atomic E-state index is 0.120. The number of aryl methyl sites for hydroxylation is 1. The van der Waals surface area contributed by atoms with Crippen LogP contribution in [0.3, 0.4) is 0 Å². The maximum atomic E-state index is 9.72. The highest BCUT2D eigenvalue weighted by Crippen LogP contribution is 2.26. The van der Waals surface area contributed by atoms with Gasteiger partial charge in [0.2, 0.25) is 5.95 Å². The van der Waals surface area contributed by atoms with Crippen molar-refractivity contribution in [1.29, 1.82) is 0 Å². The number of hydrogen-bond acceptors (Lipinski definition) is 5. The highest BCUT2D eigenvalue weighted by Gasteiger charge is 2.07. The van der Waals surface area contributed by atoms with Crippen molar-refractivity contribution in [2.45, 2.75) is 20.4 Å². The Labute approximate surface area is 140 Å². The molecular weight excluding hydrogens is 304 g/mol. The highest BCUT2D eigenvalue weighted by atomic mass is 16.5. The Morgan fingerprint density at radius 3 is 2.88 bits per heavy atom. The van der Waals surface area contributed by atoms with Crippen LogP contribution in [0.1, 0.15) is 19.4 Å². The molecule has 0 atom stereocenters. The van der Waals surface area contributed by atoms with Gasteiger partial charge in [0.25, 0.3) is 0 Å². The molecule has 6 heteroatoms. The van der Waals surface area contributed by atoms with Gasteiger partial charge in [-0.15, -0.1) is 0 Å². The number of ether oxygens (including phenoxy) is 1. The van der Waals surface area contributed by atoms with Crippen molar-refractivity contribution < 1.29 is 9.84 Å². The van der Waals surface area contributed by atoms with Crippen LogP contribution in [-0.2, 0) is 6.54 Å². The van der Waals surface area contributed by atoms with Gasteiger partial charge in [0, 0.05) is 6.54 Å². The topological polar surface area (TPSA) is 71.7 Å². The SMILES string of the molecule is CCOc1cc(/C=N\Nc2nc3ccccc3n2CC)ccc1O. The number of phenols is 1. The Balaban J connectivity index is 1.80. The minimum atomic E-state index is 0.120.